The summed E-state index contributed by atoms with van der Waals surface area (Å²) in [4.78, 5) is 27.7. The van der Waals surface area contributed by atoms with Crippen molar-refractivity contribution in [2.45, 2.75) is 0 Å². The highest BCUT2D eigenvalue weighted by Crippen LogP contribution is 2.32. The predicted octanol–water partition coefficient (Wildman–Crippen LogP) is -0.241. The Morgan fingerprint density at radius 2 is 1.79 bits per heavy atom. The van der Waals surface area contributed by atoms with Crippen LogP contribution in [0.4, 0.5) is 5.69 Å². The number of nitrogens with zero attached hydrogens (tertiary/aromatic N) is 3. The summed E-state index contributed by atoms with van der Waals surface area (Å²) in [5, 5.41) is 0. The molecule has 0 atom stereocenters. The van der Waals surface area contributed by atoms with E-state index in [1.807, 2.05) is 4.90 Å². The topological polar surface area (TPSA) is 87.2 Å². The monoisotopic (exact) mass is 353 g/mol. The van der Waals surface area contributed by atoms with Crippen molar-refractivity contribution in [1.29, 1.82) is 0 Å². The van der Waals surface area contributed by atoms with Crippen LogP contribution in [0.15, 0.2) is 18.2 Å². The number of carbonyl (C=O) groups is 2. The van der Waals surface area contributed by atoms with Crippen molar-refractivity contribution in [3.05, 3.63) is 23.8 Å². The summed E-state index contributed by atoms with van der Waals surface area (Å²) in [7, 11) is -1.68. The minimum absolute atomic E-state index is 0.252. The van der Waals surface area contributed by atoms with Crippen LogP contribution in [-0.4, -0.2) is 75.5 Å². The number of hydrogen-bond donors (Lipinski definition) is 0. The van der Waals surface area contributed by atoms with E-state index in [4.69, 9.17) is 4.74 Å². The van der Waals surface area contributed by atoms with E-state index in [2.05, 4.69) is 0 Å². The number of anilines is 1. The number of hydrogen-bond acceptors (Lipinski definition) is 6. The van der Waals surface area contributed by atoms with E-state index in [9.17, 15) is 18.0 Å². The molecule has 8 nitrogen and oxygen atoms in total. The van der Waals surface area contributed by atoms with Gasteiger partial charge in [-0.1, -0.05) is 0 Å². The lowest BCUT2D eigenvalue weighted by Crippen LogP contribution is -2.52. The fourth-order valence-electron chi connectivity index (χ4n) is 2.94. The first-order valence-electron chi connectivity index (χ1n) is 7.53. The van der Waals surface area contributed by atoms with Crippen LogP contribution >= 0.6 is 0 Å². The summed E-state index contributed by atoms with van der Waals surface area (Å²) < 4.78 is 29.7. The van der Waals surface area contributed by atoms with E-state index in [1.165, 1.54) is 22.6 Å². The SMILES string of the molecule is COc1ccc2c(c1)N(CN1CCN(S(C)(=O)=O)CC1)C(=O)C2=O. The van der Waals surface area contributed by atoms with Gasteiger partial charge in [-0.3, -0.25) is 19.4 Å². The van der Waals surface area contributed by atoms with Crippen LogP contribution in [0, 0.1) is 0 Å². The maximum Gasteiger partial charge on any atom is 0.300 e. The van der Waals surface area contributed by atoms with Crippen LogP contribution in [0.5, 0.6) is 5.75 Å². The Morgan fingerprint density at radius 1 is 1.12 bits per heavy atom. The molecule has 2 heterocycles. The number of amides is 1. The molecule has 1 fully saturated rings. The quantitative estimate of drug-likeness (QED) is 0.695. The largest absolute Gasteiger partial charge is 0.497 e. The number of fused-ring (bicyclic) bond motifs is 1. The molecule has 0 bridgehead atoms. The number of methoxy groups -OCH3 is 1. The molecule has 0 aliphatic carbocycles. The summed E-state index contributed by atoms with van der Waals surface area (Å²) in [6, 6.07) is 4.92. The van der Waals surface area contributed by atoms with E-state index in [0.717, 1.165) is 0 Å². The third-order valence-corrected chi connectivity index (χ3v) is 5.62. The van der Waals surface area contributed by atoms with Gasteiger partial charge >= 0.3 is 5.91 Å². The lowest BCUT2D eigenvalue weighted by atomic mass is 10.1. The number of benzene rings is 1. The van der Waals surface area contributed by atoms with Gasteiger partial charge in [0.2, 0.25) is 10.0 Å². The van der Waals surface area contributed by atoms with Gasteiger partial charge in [0, 0.05) is 32.2 Å². The Morgan fingerprint density at radius 3 is 2.38 bits per heavy atom. The lowest BCUT2D eigenvalue weighted by molar-refractivity contribution is -0.114. The van der Waals surface area contributed by atoms with Gasteiger partial charge < -0.3 is 4.74 Å². The first kappa shape index (κ1) is 16.9. The molecule has 1 aromatic rings. The Bertz CT molecular complexity index is 784. The van der Waals surface area contributed by atoms with Gasteiger partial charge in [-0.25, -0.2) is 8.42 Å². The third-order valence-electron chi connectivity index (χ3n) is 4.32. The smallest absolute Gasteiger partial charge is 0.300 e. The van der Waals surface area contributed by atoms with Crippen LogP contribution in [0.2, 0.25) is 0 Å². The zero-order chi connectivity index (χ0) is 17.5. The third kappa shape index (κ3) is 3.02. The first-order valence-corrected chi connectivity index (χ1v) is 9.38. The minimum Gasteiger partial charge on any atom is -0.497 e. The normalized spacial score (nSPS) is 19.7. The van der Waals surface area contributed by atoms with Crippen molar-refractivity contribution in [3.8, 4) is 5.75 Å². The number of rotatable bonds is 4. The molecule has 3 rings (SSSR count). The number of piperazine rings is 1. The summed E-state index contributed by atoms with van der Waals surface area (Å²) in [6.07, 6.45) is 1.19. The van der Waals surface area contributed by atoms with Gasteiger partial charge in [-0.15, -0.1) is 0 Å². The molecule has 2 aliphatic heterocycles. The highest BCUT2D eigenvalue weighted by molar-refractivity contribution is 7.88. The van der Waals surface area contributed by atoms with Crippen molar-refractivity contribution in [2.75, 3.05) is 51.1 Å². The molecule has 1 amide bonds. The van der Waals surface area contributed by atoms with Crippen molar-refractivity contribution in [3.63, 3.8) is 0 Å². The second-order valence-corrected chi connectivity index (χ2v) is 7.85. The summed E-state index contributed by atoms with van der Waals surface area (Å²) in [5.74, 6) is -0.519. The Kier molecular flexibility index (Phi) is 4.33. The number of ether oxygens (including phenoxy) is 1. The van der Waals surface area contributed by atoms with Gasteiger partial charge in [-0.05, 0) is 12.1 Å². The van der Waals surface area contributed by atoms with Crippen LogP contribution in [0.1, 0.15) is 10.4 Å². The van der Waals surface area contributed by atoms with Gasteiger partial charge in [0.05, 0.1) is 31.3 Å². The van der Waals surface area contributed by atoms with Crippen LogP contribution in [-0.2, 0) is 14.8 Å². The Balaban J connectivity index is 1.75. The standard InChI is InChI=1S/C15H19N3O5S/c1-23-11-3-4-12-13(9-11)18(15(20)14(12)19)10-16-5-7-17(8-6-16)24(2,21)22/h3-4,9H,5-8,10H2,1-2H3. The molecule has 2 aliphatic rings. The van der Waals surface area contributed by atoms with Gasteiger partial charge in [0.15, 0.2) is 0 Å². The maximum absolute atomic E-state index is 12.3. The number of carbonyl (C=O) groups excluding carboxylic acids is 2. The summed E-state index contributed by atoms with van der Waals surface area (Å²) >= 11 is 0. The predicted molar refractivity (Wildman–Crippen MR) is 87.7 cm³/mol. The van der Waals surface area contributed by atoms with Crippen molar-refractivity contribution >= 4 is 27.4 Å². The summed E-state index contributed by atoms with van der Waals surface area (Å²) in [6.45, 7) is 2.01. The first-order chi connectivity index (χ1) is 11.3. The zero-order valence-electron chi connectivity index (χ0n) is 13.6. The van der Waals surface area contributed by atoms with E-state index in [1.54, 1.807) is 18.2 Å². The molecule has 0 unspecified atom stereocenters. The van der Waals surface area contributed by atoms with E-state index >= 15 is 0 Å². The van der Waals surface area contributed by atoms with E-state index in [-0.39, 0.29) is 6.67 Å². The Hall–Kier alpha value is -1.97. The number of sulfonamides is 1. The molecule has 0 spiro atoms. The molecule has 1 aromatic carbocycles. The molecular formula is C15H19N3O5S. The fourth-order valence-corrected chi connectivity index (χ4v) is 3.77. The molecule has 1 saturated heterocycles. The molecule has 130 valence electrons. The molecule has 9 heteroatoms. The Labute approximate surface area is 140 Å². The highest BCUT2D eigenvalue weighted by atomic mass is 32.2. The second-order valence-electron chi connectivity index (χ2n) is 5.87. The molecule has 24 heavy (non-hydrogen) atoms. The summed E-state index contributed by atoms with van der Waals surface area (Å²) in [5.41, 5.74) is 0.908. The average molecular weight is 353 g/mol. The molecule has 0 radical (unpaired) electrons. The number of Topliss-reactive ketones (excluding diaryl/α,β-unsaturated/α-hetero) is 1. The maximum atomic E-state index is 12.3. The zero-order valence-corrected chi connectivity index (χ0v) is 14.4. The average Bonchev–Trinajstić information content (AvgIpc) is 2.79. The second kappa shape index (κ2) is 6.15. The van der Waals surface area contributed by atoms with Crippen molar-refractivity contribution in [2.24, 2.45) is 0 Å². The van der Waals surface area contributed by atoms with Crippen LogP contribution < -0.4 is 9.64 Å². The van der Waals surface area contributed by atoms with Gasteiger partial charge in [0.1, 0.15) is 5.75 Å². The van der Waals surface area contributed by atoms with Gasteiger partial charge in [-0.2, -0.15) is 4.31 Å². The van der Waals surface area contributed by atoms with Crippen LogP contribution in [0.3, 0.4) is 0 Å². The molecule has 0 N–H and O–H groups in total. The minimum atomic E-state index is -3.20. The number of ketones is 1. The molecular weight excluding hydrogens is 334 g/mol. The molecule has 0 aromatic heterocycles. The van der Waals surface area contributed by atoms with Crippen molar-refractivity contribution in [1.82, 2.24) is 9.21 Å². The lowest BCUT2D eigenvalue weighted by Gasteiger charge is -2.35. The van der Waals surface area contributed by atoms with Crippen LogP contribution in [0.25, 0.3) is 0 Å². The fraction of sp³-hybridized carbons (Fsp3) is 0.467. The van der Waals surface area contributed by atoms with Gasteiger partial charge in [0.25, 0.3) is 5.78 Å². The molecule has 0 saturated carbocycles. The van der Waals surface area contributed by atoms with E-state index < -0.39 is 21.7 Å². The van der Waals surface area contributed by atoms with E-state index in [0.29, 0.717) is 43.2 Å². The highest BCUT2D eigenvalue weighted by Gasteiger charge is 2.37. The van der Waals surface area contributed by atoms with Crippen molar-refractivity contribution < 1.29 is 22.7 Å².